The van der Waals surface area contributed by atoms with Crippen LogP contribution in [-0.2, 0) is 6.54 Å². The lowest BCUT2D eigenvalue weighted by atomic mass is 9.96. The van der Waals surface area contributed by atoms with Gasteiger partial charge in [-0.05, 0) is 45.1 Å². The largest absolute Gasteiger partial charge is 0.338 e. The van der Waals surface area contributed by atoms with Gasteiger partial charge in [-0.3, -0.25) is 14.7 Å². The smallest absolute Gasteiger partial charge is 0.324 e. The van der Waals surface area contributed by atoms with Gasteiger partial charge in [0.05, 0.1) is 6.33 Å². The Morgan fingerprint density at radius 1 is 1.06 bits per heavy atom. The van der Waals surface area contributed by atoms with Crippen molar-refractivity contribution in [2.45, 2.75) is 64.2 Å². The SMILES string of the molecule is CCN(CC)C(=O)n1c(=O)[nH]c(=O)c2ncn(C3CC4CCC(C3)N4Cc3ccccc3)c21. The van der Waals surface area contributed by atoms with Crippen LogP contribution in [0.15, 0.2) is 46.2 Å². The number of nitrogens with zero attached hydrogens (tertiary/aromatic N) is 5. The van der Waals surface area contributed by atoms with Gasteiger partial charge >= 0.3 is 11.7 Å². The number of aromatic amines is 1. The summed E-state index contributed by atoms with van der Waals surface area (Å²) >= 11 is 0. The monoisotopic (exact) mass is 450 g/mol. The second-order valence-corrected chi connectivity index (χ2v) is 9.04. The van der Waals surface area contributed by atoms with E-state index in [4.69, 9.17) is 0 Å². The van der Waals surface area contributed by atoms with Crippen LogP contribution in [0.4, 0.5) is 4.79 Å². The third kappa shape index (κ3) is 3.70. The summed E-state index contributed by atoms with van der Waals surface area (Å²) in [5.41, 5.74) is 0.485. The number of fused-ring (bicyclic) bond motifs is 3. The van der Waals surface area contributed by atoms with Crippen LogP contribution in [0.2, 0.25) is 0 Å². The van der Waals surface area contributed by atoms with Gasteiger partial charge in [0.2, 0.25) is 0 Å². The maximum absolute atomic E-state index is 13.2. The fraction of sp³-hybridized carbons (Fsp3) is 0.500. The van der Waals surface area contributed by atoms with Crippen LogP contribution in [0.25, 0.3) is 11.2 Å². The van der Waals surface area contributed by atoms with Crippen LogP contribution in [0.1, 0.15) is 51.1 Å². The molecule has 174 valence electrons. The highest BCUT2D eigenvalue weighted by molar-refractivity contribution is 5.86. The van der Waals surface area contributed by atoms with Crippen molar-refractivity contribution in [3.05, 3.63) is 63.1 Å². The first kappa shape index (κ1) is 21.6. The van der Waals surface area contributed by atoms with E-state index in [0.717, 1.165) is 36.8 Å². The standard InChI is InChI=1S/C24H30N6O3/c1-3-27(4-2)24(33)30-22-20(21(31)26-23(30)32)25-15-29(22)19-12-17-10-11-18(13-19)28(17)14-16-8-6-5-7-9-16/h5-9,15,17-19H,3-4,10-14H2,1-2H3,(H,26,31,32). The van der Waals surface area contributed by atoms with E-state index in [1.165, 1.54) is 5.56 Å². The van der Waals surface area contributed by atoms with Crippen LogP contribution in [0, 0.1) is 0 Å². The Morgan fingerprint density at radius 2 is 1.73 bits per heavy atom. The van der Waals surface area contributed by atoms with Crippen molar-refractivity contribution in [2.24, 2.45) is 0 Å². The Balaban J connectivity index is 1.51. The molecule has 4 heterocycles. The quantitative estimate of drug-likeness (QED) is 0.645. The van der Waals surface area contributed by atoms with Gasteiger partial charge in [-0.1, -0.05) is 30.3 Å². The molecule has 0 saturated carbocycles. The van der Waals surface area contributed by atoms with E-state index in [0.29, 0.717) is 30.8 Å². The highest BCUT2D eigenvalue weighted by atomic mass is 16.2. The molecular formula is C24H30N6O3. The number of imidazole rings is 1. The van der Waals surface area contributed by atoms with Crippen molar-refractivity contribution < 1.29 is 4.79 Å². The molecule has 9 nitrogen and oxygen atoms in total. The van der Waals surface area contributed by atoms with Crippen LogP contribution in [-0.4, -0.2) is 60.1 Å². The van der Waals surface area contributed by atoms with Gasteiger partial charge in [-0.25, -0.2) is 14.6 Å². The normalized spacial score (nSPS) is 22.7. The zero-order chi connectivity index (χ0) is 23.1. The average molecular weight is 451 g/mol. The highest BCUT2D eigenvalue weighted by Gasteiger charge is 2.41. The fourth-order valence-electron chi connectivity index (χ4n) is 5.65. The third-order valence-corrected chi connectivity index (χ3v) is 7.30. The van der Waals surface area contributed by atoms with Gasteiger partial charge in [0.15, 0.2) is 11.2 Å². The highest BCUT2D eigenvalue weighted by Crippen LogP contribution is 2.42. The fourth-order valence-corrected chi connectivity index (χ4v) is 5.65. The molecule has 2 aliphatic heterocycles. The molecule has 2 unspecified atom stereocenters. The number of piperidine rings is 1. The van der Waals surface area contributed by atoms with Crippen molar-refractivity contribution in [1.29, 1.82) is 0 Å². The number of aromatic nitrogens is 4. The number of benzene rings is 1. The zero-order valence-electron chi connectivity index (χ0n) is 19.1. The van der Waals surface area contributed by atoms with Gasteiger partial charge < -0.3 is 9.47 Å². The summed E-state index contributed by atoms with van der Waals surface area (Å²) in [5, 5.41) is 0. The molecule has 33 heavy (non-hydrogen) atoms. The van der Waals surface area contributed by atoms with Crippen LogP contribution in [0.3, 0.4) is 0 Å². The lowest BCUT2D eigenvalue weighted by molar-refractivity contribution is 0.100. The van der Waals surface area contributed by atoms with E-state index in [2.05, 4.69) is 39.1 Å². The molecule has 1 amide bonds. The van der Waals surface area contributed by atoms with Gasteiger partial charge in [0.25, 0.3) is 5.56 Å². The van der Waals surface area contributed by atoms with Crippen molar-refractivity contribution in [2.75, 3.05) is 13.1 Å². The summed E-state index contributed by atoms with van der Waals surface area (Å²) in [6, 6.07) is 11.0. The Kier molecular flexibility index (Phi) is 5.65. The van der Waals surface area contributed by atoms with E-state index in [9.17, 15) is 14.4 Å². The molecule has 1 aromatic carbocycles. The number of amides is 1. The molecule has 2 bridgehead atoms. The minimum atomic E-state index is -0.712. The second-order valence-electron chi connectivity index (χ2n) is 9.04. The van der Waals surface area contributed by atoms with E-state index in [1.807, 2.05) is 24.5 Å². The summed E-state index contributed by atoms with van der Waals surface area (Å²) in [6.45, 7) is 5.61. The molecule has 0 aliphatic carbocycles. The molecule has 3 aromatic rings. The summed E-state index contributed by atoms with van der Waals surface area (Å²) in [4.78, 5) is 49.2. The molecule has 2 saturated heterocycles. The summed E-state index contributed by atoms with van der Waals surface area (Å²) < 4.78 is 2.99. The average Bonchev–Trinajstić information content (AvgIpc) is 3.33. The number of hydrogen-bond acceptors (Lipinski definition) is 5. The first-order valence-electron chi connectivity index (χ1n) is 11.8. The summed E-state index contributed by atoms with van der Waals surface area (Å²) in [7, 11) is 0. The van der Waals surface area contributed by atoms with Gasteiger partial charge in [-0.15, -0.1) is 0 Å². The first-order valence-corrected chi connectivity index (χ1v) is 11.8. The Labute approximate surface area is 191 Å². The van der Waals surface area contributed by atoms with E-state index in [1.54, 1.807) is 11.2 Å². The molecule has 0 radical (unpaired) electrons. The maximum Gasteiger partial charge on any atom is 0.338 e. The van der Waals surface area contributed by atoms with Gasteiger partial charge in [0.1, 0.15) is 0 Å². The lowest BCUT2D eigenvalue weighted by Gasteiger charge is -2.39. The second kappa shape index (κ2) is 8.62. The molecule has 1 N–H and O–H groups in total. The molecule has 2 aliphatic rings. The van der Waals surface area contributed by atoms with Crippen molar-refractivity contribution in [1.82, 2.24) is 28.9 Å². The maximum atomic E-state index is 13.2. The summed E-state index contributed by atoms with van der Waals surface area (Å²) in [5.74, 6) is 0. The number of rotatable bonds is 5. The van der Waals surface area contributed by atoms with Gasteiger partial charge in [-0.2, -0.15) is 4.57 Å². The van der Waals surface area contributed by atoms with Crippen molar-refractivity contribution in [3.8, 4) is 0 Å². The Morgan fingerprint density at radius 3 is 2.36 bits per heavy atom. The Hall–Kier alpha value is -3.20. The lowest BCUT2D eigenvalue weighted by Crippen LogP contribution is -2.45. The van der Waals surface area contributed by atoms with Crippen LogP contribution < -0.4 is 11.2 Å². The van der Waals surface area contributed by atoms with E-state index < -0.39 is 17.3 Å². The minimum absolute atomic E-state index is 0.0801. The van der Waals surface area contributed by atoms with Crippen LogP contribution >= 0.6 is 0 Å². The molecule has 2 fully saturated rings. The molecule has 5 rings (SSSR count). The zero-order valence-corrected chi connectivity index (χ0v) is 19.1. The van der Waals surface area contributed by atoms with E-state index in [-0.39, 0.29) is 11.6 Å². The number of carbonyl (C=O) groups is 1. The number of nitrogens with one attached hydrogen (secondary N) is 1. The Bertz CT molecular complexity index is 1260. The molecule has 9 heteroatoms. The summed E-state index contributed by atoms with van der Waals surface area (Å²) in [6.07, 6.45) is 5.69. The molecular weight excluding hydrogens is 420 g/mol. The number of hydrogen-bond donors (Lipinski definition) is 1. The number of H-pyrrole nitrogens is 1. The predicted molar refractivity (Wildman–Crippen MR) is 125 cm³/mol. The minimum Gasteiger partial charge on any atom is -0.324 e. The predicted octanol–water partition coefficient (Wildman–Crippen LogP) is 2.56. The van der Waals surface area contributed by atoms with Gasteiger partial charge in [0, 0.05) is 37.8 Å². The topological polar surface area (TPSA) is 96.2 Å². The third-order valence-electron chi connectivity index (χ3n) is 7.30. The first-order chi connectivity index (χ1) is 16.0. The van der Waals surface area contributed by atoms with Crippen molar-refractivity contribution >= 4 is 17.2 Å². The number of carbonyl (C=O) groups excluding carboxylic acids is 1. The van der Waals surface area contributed by atoms with Crippen LogP contribution in [0.5, 0.6) is 0 Å². The molecule has 2 atom stereocenters. The van der Waals surface area contributed by atoms with Crippen molar-refractivity contribution in [3.63, 3.8) is 0 Å². The molecule has 2 aromatic heterocycles. The molecule has 0 spiro atoms. The van der Waals surface area contributed by atoms with E-state index >= 15 is 0 Å².